The Bertz CT molecular complexity index is 901. The summed E-state index contributed by atoms with van der Waals surface area (Å²) in [5, 5.41) is 7.77. The third-order valence-corrected chi connectivity index (χ3v) is 5.77. The predicted molar refractivity (Wildman–Crippen MR) is 106 cm³/mol. The van der Waals surface area contributed by atoms with Crippen molar-refractivity contribution >= 4 is 29.6 Å². The summed E-state index contributed by atoms with van der Waals surface area (Å²) in [6.45, 7) is 2.05. The first-order valence-electron chi connectivity index (χ1n) is 8.68. The van der Waals surface area contributed by atoms with E-state index in [-0.39, 0.29) is 11.8 Å². The van der Waals surface area contributed by atoms with Gasteiger partial charge in [0.15, 0.2) is 0 Å². The first-order chi connectivity index (χ1) is 13.4. The number of rotatable bonds is 7. The van der Waals surface area contributed by atoms with Crippen LogP contribution in [0, 0.1) is 0 Å². The van der Waals surface area contributed by atoms with E-state index in [9.17, 15) is 14.4 Å². The normalized spacial score (nSPS) is 18.4. The molecule has 1 aliphatic heterocycles. The third-order valence-electron chi connectivity index (χ3n) is 4.38. The van der Waals surface area contributed by atoms with E-state index in [1.807, 2.05) is 36.4 Å². The van der Waals surface area contributed by atoms with Crippen LogP contribution in [0.15, 0.2) is 53.4 Å². The Morgan fingerprint density at radius 3 is 2.50 bits per heavy atom. The highest BCUT2D eigenvalue weighted by Crippen LogP contribution is 2.27. The lowest BCUT2D eigenvalue weighted by Gasteiger charge is -2.20. The molecule has 2 aromatic rings. The molecule has 1 heterocycles. The van der Waals surface area contributed by atoms with Crippen molar-refractivity contribution in [1.29, 1.82) is 0 Å². The quantitative estimate of drug-likeness (QED) is 0.490. The van der Waals surface area contributed by atoms with Gasteiger partial charge in [-0.05, 0) is 36.8 Å². The van der Waals surface area contributed by atoms with Crippen molar-refractivity contribution in [2.24, 2.45) is 0 Å². The molecule has 146 valence electrons. The Hall–Kier alpha value is -3.00. The minimum atomic E-state index is -1.01. The maximum absolute atomic E-state index is 12.7. The standard InChI is InChI=1S/C20H21N3O4S/c1-20(18(25)22-19(26)23-20)12-28-16-6-4-3-5-15(16)17(24)21-11-13-7-9-14(27-2)10-8-13/h3-10H,11-12H2,1-2H3,(H,21,24)(H2,22,23,25,26)/t20-/m1/s1. The Morgan fingerprint density at radius 1 is 1.14 bits per heavy atom. The summed E-state index contributed by atoms with van der Waals surface area (Å²) < 4.78 is 5.13. The van der Waals surface area contributed by atoms with Gasteiger partial charge in [0.1, 0.15) is 11.3 Å². The van der Waals surface area contributed by atoms with Crippen molar-refractivity contribution in [3.05, 3.63) is 59.7 Å². The number of amides is 4. The number of ether oxygens (including phenoxy) is 1. The number of hydrogen-bond acceptors (Lipinski definition) is 5. The fraction of sp³-hybridized carbons (Fsp3) is 0.250. The Morgan fingerprint density at radius 2 is 1.86 bits per heavy atom. The van der Waals surface area contributed by atoms with Crippen LogP contribution in [0.2, 0.25) is 0 Å². The number of carbonyl (C=O) groups excluding carboxylic acids is 3. The highest BCUT2D eigenvalue weighted by atomic mass is 32.2. The van der Waals surface area contributed by atoms with Gasteiger partial charge in [-0.3, -0.25) is 14.9 Å². The van der Waals surface area contributed by atoms with Crippen LogP contribution in [0.25, 0.3) is 0 Å². The van der Waals surface area contributed by atoms with Gasteiger partial charge in [0.05, 0.1) is 12.7 Å². The molecule has 7 nitrogen and oxygen atoms in total. The molecule has 0 spiro atoms. The lowest BCUT2D eigenvalue weighted by molar-refractivity contribution is -0.122. The summed E-state index contributed by atoms with van der Waals surface area (Å²) in [6, 6.07) is 14.1. The number of urea groups is 1. The van der Waals surface area contributed by atoms with E-state index in [4.69, 9.17) is 4.74 Å². The first kappa shape index (κ1) is 19.8. The zero-order valence-corrected chi connectivity index (χ0v) is 16.4. The Kier molecular flexibility index (Phi) is 5.89. The second-order valence-electron chi connectivity index (χ2n) is 6.56. The molecule has 0 bridgehead atoms. The van der Waals surface area contributed by atoms with Crippen molar-refractivity contribution in [2.45, 2.75) is 23.9 Å². The molecule has 2 aromatic carbocycles. The van der Waals surface area contributed by atoms with E-state index in [0.29, 0.717) is 17.9 Å². The van der Waals surface area contributed by atoms with Crippen LogP contribution in [0.5, 0.6) is 5.75 Å². The molecule has 1 saturated heterocycles. The molecule has 3 N–H and O–H groups in total. The van der Waals surface area contributed by atoms with Crippen molar-refractivity contribution in [1.82, 2.24) is 16.0 Å². The van der Waals surface area contributed by atoms with E-state index in [2.05, 4.69) is 16.0 Å². The molecule has 0 aliphatic carbocycles. The van der Waals surface area contributed by atoms with Gasteiger partial charge in [0.2, 0.25) is 0 Å². The summed E-state index contributed by atoms with van der Waals surface area (Å²) in [4.78, 5) is 36.7. The van der Waals surface area contributed by atoms with Gasteiger partial charge in [-0.1, -0.05) is 24.3 Å². The molecule has 1 aliphatic rings. The second-order valence-corrected chi connectivity index (χ2v) is 7.57. The topological polar surface area (TPSA) is 96.5 Å². The number of carbonyl (C=O) groups is 3. The summed E-state index contributed by atoms with van der Waals surface area (Å²) in [7, 11) is 1.60. The predicted octanol–water partition coefficient (Wildman–Crippen LogP) is 2.32. The lowest BCUT2D eigenvalue weighted by atomic mass is 10.1. The third kappa shape index (κ3) is 4.45. The average Bonchev–Trinajstić information content (AvgIpc) is 2.97. The van der Waals surface area contributed by atoms with Gasteiger partial charge in [0, 0.05) is 17.2 Å². The highest BCUT2D eigenvalue weighted by Gasteiger charge is 2.41. The largest absolute Gasteiger partial charge is 0.497 e. The van der Waals surface area contributed by atoms with Gasteiger partial charge < -0.3 is 15.4 Å². The number of benzene rings is 2. The van der Waals surface area contributed by atoms with Crippen molar-refractivity contribution in [3.63, 3.8) is 0 Å². The van der Waals surface area contributed by atoms with Gasteiger partial charge in [0.25, 0.3) is 11.8 Å². The summed E-state index contributed by atoms with van der Waals surface area (Å²) in [6.07, 6.45) is 0. The Labute approximate surface area is 167 Å². The molecule has 0 saturated carbocycles. The monoisotopic (exact) mass is 399 g/mol. The first-order valence-corrected chi connectivity index (χ1v) is 9.66. The van der Waals surface area contributed by atoms with Gasteiger partial charge >= 0.3 is 6.03 Å². The van der Waals surface area contributed by atoms with E-state index < -0.39 is 11.6 Å². The van der Waals surface area contributed by atoms with Gasteiger partial charge in [-0.15, -0.1) is 11.8 Å². The minimum absolute atomic E-state index is 0.205. The van der Waals surface area contributed by atoms with Crippen LogP contribution < -0.4 is 20.7 Å². The molecule has 3 rings (SSSR count). The van der Waals surface area contributed by atoms with E-state index >= 15 is 0 Å². The van der Waals surface area contributed by atoms with Crippen molar-refractivity contribution < 1.29 is 19.1 Å². The fourth-order valence-electron chi connectivity index (χ4n) is 2.70. The molecule has 0 radical (unpaired) electrons. The molecular formula is C20H21N3O4S. The molecule has 0 unspecified atom stereocenters. The van der Waals surface area contributed by atoms with Gasteiger partial charge in [-0.25, -0.2) is 4.79 Å². The molecule has 8 heteroatoms. The fourth-order valence-corrected chi connectivity index (χ4v) is 3.84. The number of methoxy groups -OCH3 is 1. The average molecular weight is 399 g/mol. The molecule has 4 amide bonds. The molecule has 1 atom stereocenters. The SMILES string of the molecule is COc1ccc(CNC(=O)c2ccccc2SC[C@@]2(C)NC(=O)NC2=O)cc1. The Balaban J connectivity index is 1.64. The zero-order valence-electron chi connectivity index (χ0n) is 15.6. The van der Waals surface area contributed by atoms with Crippen LogP contribution in [0.1, 0.15) is 22.8 Å². The van der Waals surface area contributed by atoms with Crippen LogP contribution >= 0.6 is 11.8 Å². The number of hydrogen-bond donors (Lipinski definition) is 3. The van der Waals surface area contributed by atoms with Gasteiger partial charge in [-0.2, -0.15) is 0 Å². The second kappa shape index (κ2) is 8.35. The smallest absolute Gasteiger partial charge is 0.322 e. The minimum Gasteiger partial charge on any atom is -0.497 e. The number of imide groups is 1. The molecule has 0 aromatic heterocycles. The summed E-state index contributed by atoms with van der Waals surface area (Å²) in [5.74, 6) is 0.497. The van der Waals surface area contributed by atoms with E-state index in [0.717, 1.165) is 16.2 Å². The molecular weight excluding hydrogens is 378 g/mol. The summed E-state index contributed by atoms with van der Waals surface area (Å²) >= 11 is 1.35. The van der Waals surface area contributed by atoms with E-state index in [1.54, 1.807) is 26.2 Å². The lowest BCUT2D eigenvalue weighted by Crippen LogP contribution is -2.46. The van der Waals surface area contributed by atoms with Crippen molar-refractivity contribution in [3.8, 4) is 5.75 Å². The van der Waals surface area contributed by atoms with Crippen LogP contribution in [-0.2, 0) is 11.3 Å². The highest BCUT2D eigenvalue weighted by molar-refractivity contribution is 7.99. The van der Waals surface area contributed by atoms with Crippen molar-refractivity contribution in [2.75, 3.05) is 12.9 Å². The van der Waals surface area contributed by atoms with Crippen LogP contribution in [0.3, 0.4) is 0 Å². The summed E-state index contributed by atoms with van der Waals surface area (Å²) in [5.41, 5.74) is 0.473. The molecule has 1 fully saturated rings. The number of thioether (sulfide) groups is 1. The molecule has 28 heavy (non-hydrogen) atoms. The van der Waals surface area contributed by atoms with E-state index in [1.165, 1.54) is 11.8 Å². The maximum Gasteiger partial charge on any atom is 0.322 e. The van der Waals surface area contributed by atoms with Crippen LogP contribution in [0.4, 0.5) is 4.79 Å². The number of nitrogens with one attached hydrogen (secondary N) is 3. The zero-order chi connectivity index (χ0) is 20.1. The maximum atomic E-state index is 12.7. The van der Waals surface area contributed by atoms with Crippen LogP contribution in [-0.4, -0.2) is 36.2 Å².